The van der Waals surface area contributed by atoms with Crippen LogP contribution in [0.25, 0.3) is 43.8 Å². The lowest BCUT2D eigenvalue weighted by Crippen LogP contribution is -2.11. The first-order valence-corrected chi connectivity index (χ1v) is 14.6. The predicted octanol–water partition coefficient (Wildman–Crippen LogP) is 8.54. The average Bonchev–Trinajstić information content (AvgIpc) is 3.42. The van der Waals surface area contributed by atoms with E-state index >= 15 is 0 Å². The Labute approximate surface area is 254 Å². The molecule has 0 radical (unpaired) electrons. The number of hydrogen-bond acceptors (Lipinski definition) is 6. The zero-order valence-electron chi connectivity index (χ0n) is 25.4. The molecule has 0 aromatic heterocycles. The van der Waals surface area contributed by atoms with Gasteiger partial charge in [0, 0.05) is 0 Å². The molecule has 2 heterocycles. The average molecular weight is 583 g/mol. The number of benzene rings is 5. The molecule has 7 rings (SSSR count). The monoisotopic (exact) mass is 582 g/mol. The van der Waals surface area contributed by atoms with Crippen molar-refractivity contribution in [3.05, 3.63) is 106 Å². The topological polar surface area (TPSA) is 86.7 Å². The highest BCUT2D eigenvalue weighted by atomic mass is 16.6. The van der Waals surface area contributed by atoms with Gasteiger partial charge in [-0.2, -0.15) is 0 Å². The van der Waals surface area contributed by atoms with Gasteiger partial charge < -0.3 is 9.47 Å². The Morgan fingerprint density at radius 1 is 0.409 bits per heavy atom. The molecule has 0 amide bonds. The molecule has 0 N–H and O–H groups in total. The summed E-state index contributed by atoms with van der Waals surface area (Å²) in [6, 6.07) is 23.4. The third-order valence-corrected chi connectivity index (χ3v) is 8.72. The van der Waals surface area contributed by atoms with Crippen molar-refractivity contribution < 1.29 is 28.7 Å². The van der Waals surface area contributed by atoms with E-state index in [1.807, 2.05) is 12.1 Å². The van der Waals surface area contributed by atoms with Gasteiger partial charge in [-0.15, -0.1) is 0 Å². The van der Waals surface area contributed by atoms with Gasteiger partial charge in [0.15, 0.2) is 0 Å². The number of cyclic esters (lactones) is 4. The molecular formula is C38H30O6. The van der Waals surface area contributed by atoms with Crippen LogP contribution in [0, 0.1) is 0 Å². The first kappa shape index (κ1) is 27.7. The molecule has 5 aromatic carbocycles. The van der Waals surface area contributed by atoms with E-state index in [9.17, 15) is 19.2 Å². The van der Waals surface area contributed by atoms with Crippen LogP contribution in [0.4, 0.5) is 0 Å². The first-order valence-electron chi connectivity index (χ1n) is 14.6. The summed E-state index contributed by atoms with van der Waals surface area (Å²) in [5, 5.41) is 3.81. The van der Waals surface area contributed by atoms with Crippen LogP contribution < -0.4 is 0 Å². The van der Waals surface area contributed by atoms with Gasteiger partial charge in [0.2, 0.25) is 0 Å². The molecular weight excluding hydrogens is 552 g/mol. The van der Waals surface area contributed by atoms with Gasteiger partial charge in [-0.3, -0.25) is 0 Å². The van der Waals surface area contributed by atoms with Crippen molar-refractivity contribution >= 4 is 45.4 Å². The van der Waals surface area contributed by atoms with E-state index in [4.69, 9.17) is 9.47 Å². The van der Waals surface area contributed by atoms with Gasteiger partial charge in [-0.05, 0) is 102 Å². The molecule has 0 saturated carbocycles. The lowest BCUT2D eigenvalue weighted by Gasteiger charge is -2.25. The number of hydrogen-bond donors (Lipinski definition) is 0. The van der Waals surface area contributed by atoms with Gasteiger partial charge in [0.25, 0.3) is 0 Å². The second kappa shape index (κ2) is 9.20. The molecule has 5 aromatic rings. The van der Waals surface area contributed by atoms with Gasteiger partial charge in [-0.25, -0.2) is 19.2 Å². The zero-order valence-corrected chi connectivity index (χ0v) is 25.4. The van der Waals surface area contributed by atoms with Crippen LogP contribution in [-0.2, 0) is 20.3 Å². The number of carbonyl (C=O) groups is 4. The molecule has 0 unspecified atom stereocenters. The Morgan fingerprint density at radius 3 is 1.14 bits per heavy atom. The minimum Gasteiger partial charge on any atom is -0.386 e. The molecule has 6 heteroatoms. The van der Waals surface area contributed by atoms with Gasteiger partial charge in [-0.1, -0.05) is 77.9 Å². The highest BCUT2D eigenvalue weighted by Crippen LogP contribution is 2.47. The SMILES string of the molecule is CC(C)(C)c1ccc2c(-c3ccc4c(c3)C(=O)OC4=O)c3cc(C(C)(C)C)ccc3c(-c3ccc4c(c3)C(=O)OC4=O)c2c1. The largest absolute Gasteiger partial charge is 0.386 e. The minimum atomic E-state index is -0.651. The van der Waals surface area contributed by atoms with Crippen LogP contribution in [0.15, 0.2) is 72.8 Å². The molecule has 6 nitrogen and oxygen atoms in total. The number of fused-ring (bicyclic) bond motifs is 4. The summed E-state index contributed by atoms with van der Waals surface area (Å²) >= 11 is 0. The third kappa shape index (κ3) is 4.16. The standard InChI is InChI=1S/C38H30O6/c1-37(2,3)21-9-13-23-27(17-21)31(19-7-11-25-29(15-19)35(41)43-33(25)39)24-14-10-22(38(4,5)6)18-28(24)32(23)20-8-12-26-30(16-20)36(42)44-34(26)40/h7-18H,1-6H3. The van der Waals surface area contributed by atoms with Gasteiger partial charge in [0.1, 0.15) is 0 Å². The maximum atomic E-state index is 12.6. The maximum Gasteiger partial charge on any atom is 0.346 e. The Morgan fingerprint density at radius 2 is 0.773 bits per heavy atom. The third-order valence-electron chi connectivity index (χ3n) is 8.72. The Kier molecular flexibility index (Phi) is 5.79. The Balaban J connectivity index is 1.65. The molecule has 0 aliphatic carbocycles. The Bertz CT molecular complexity index is 2000. The molecule has 0 bridgehead atoms. The van der Waals surface area contributed by atoms with Crippen molar-refractivity contribution in [1.82, 2.24) is 0 Å². The van der Waals surface area contributed by atoms with E-state index in [0.717, 1.165) is 54.9 Å². The van der Waals surface area contributed by atoms with E-state index in [1.165, 1.54) is 0 Å². The van der Waals surface area contributed by atoms with Crippen LogP contribution in [-0.4, -0.2) is 23.9 Å². The van der Waals surface area contributed by atoms with Crippen molar-refractivity contribution in [2.45, 2.75) is 52.4 Å². The lowest BCUT2D eigenvalue weighted by atomic mass is 9.79. The summed E-state index contributed by atoms with van der Waals surface area (Å²) in [6.45, 7) is 12.9. The second-order valence-electron chi connectivity index (χ2n) is 13.6. The van der Waals surface area contributed by atoms with E-state index < -0.39 is 23.9 Å². The van der Waals surface area contributed by atoms with E-state index in [1.54, 1.807) is 24.3 Å². The van der Waals surface area contributed by atoms with Gasteiger partial charge in [0.05, 0.1) is 22.3 Å². The second-order valence-corrected chi connectivity index (χ2v) is 13.6. The summed E-state index contributed by atoms with van der Waals surface area (Å²) in [7, 11) is 0. The molecule has 0 spiro atoms. The fraction of sp³-hybridized carbons (Fsp3) is 0.211. The van der Waals surface area contributed by atoms with Crippen molar-refractivity contribution in [2.75, 3.05) is 0 Å². The summed E-state index contributed by atoms with van der Waals surface area (Å²) in [4.78, 5) is 49.7. The first-order chi connectivity index (χ1) is 20.7. The fourth-order valence-corrected chi connectivity index (χ4v) is 6.26. The van der Waals surface area contributed by atoms with E-state index in [2.05, 4.69) is 77.9 Å². The zero-order chi connectivity index (χ0) is 31.3. The molecule has 2 aliphatic rings. The van der Waals surface area contributed by atoms with Crippen LogP contribution in [0.5, 0.6) is 0 Å². The molecule has 0 saturated heterocycles. The summed E-state index contributed by atoms with van der Waals surface area (Å²) in [5.41, 5.74) is 6.39. The lowest BCUT2D eigenvalue weighted by molar-refractivity contribution is 0.0425. The van der Waals surface area contributed by atoms with Crippen molar-refractivity contribution in [2.24, 2.45) is 0 Å². The van der Waals surface area contributed by atoms with Crippen LogP contribution >= 0.6 is 0 Å². The molecule has 0 fully saturated rings. The summed E-state index contributed by atoms with van der Waals surface area (Å²) in [5.74, 6) is -2.58. The van der Waals surface area contributed by atoms with E-state index in [-0.39, 0.29) is 33.1 Å². The van der Waals surface area contributed by atoms with Crippen molar-refractivity contribution in [3.63, 3.8) is 0 Å². The number of rotatable bonds is 2. The molecule has 44 heavy (non-hydrogen) atoms. The van der Waals surface area contributed by atoms with E-state index in [0.29, 0.717) is 0 Å². The highest BCUT2D eigenvalue weighted by Gasteiger charge is 2.32. The number of esters is 4. The Hall–Kier alpha value is -5.10. The maximum absolute atomic E-state index is 12.6. The molecule has 218 valence electrons. The molecule has 2 aliphatic heterocycles. The number of ether oxygens (including phenoxy) is 2. The summed E-state index contributed by atoms with van der Waals surface area (Å²) in [6.07, 6.45) is 0. The quantitative estimate of drug-likeness (QED) is 0.118. The smallest absolute Gasteiger partial charge is 0.346 e. The normalized spacial score (nSPS) is 14.7. The van der Waals surface area contributed by atoms with Crippen LogP contribution in [0.2, 0.25) is 0 Å². The van der Waals surface area contributed by atoms with Crippen LogP contribution in [0.1, 0.15) is 94.1 Å². The van der Waals surface area contributed by atoms with Crippen molar-refractivity contribution in [3.8, 4) is 22.3 Å². The van der Waals surface area contributed by atoms with Gasteiger partial charge >= 0.3 is 23.9 Å². The predicted molar refractivity (Wildman–Crippen MR) is 169 cm³/mol. The summed E-state index contributed by atoms with van der Waals surface area (Å²) < 4.78 is 9.81. The fourth-order valence-electron chi connectivity index (χ4n) is 6.26. The van der Waals surface area contributed by atoms with Crippen molar-refractivity contribution in [1.29, 1.82) is 0 Å². The van der Waals surface area contributed by atoms with Crippen LogP contribution in [0.3, 0.4) is 0 Å². The molecule has 0 atom stereocenters. The number of carbonyl (C=O) groups excluding carboxylic acids is 4. The minimum absolute atomic E-state index is 0.150. The highest BCUT2D eigenvalue weighted by molar-refractivity contribution is 6.23.